The van der Waals surface area contributed by atoms with Crippen LogP contribution in [0.4, 0.5) is 0 Å². The van der Waals surface area contributed by atoms with Crippen molar-refractivity contribution >= 4 is 0 Å². The molecule has 0 spiro atoms. The lowest BCUT2D eigenvalue weighted by Gasteiger charge is -2.30. The second-order valence-corrected chi connectivity index (χ2v) is 4.64. The van der Waals surface area contributed by atoms with Crippen molar-refractivity contribution in [3.8, 4) is 0 Å². The molecule has 2 heteroatoms. The third-order valence-electron chi connectivity index (χ3n) is 0.612. The normalized spacial score (nSPS) is 12.0. The van der Waals surface area contributed by atoms with Gasteiger partial charge in [0.05, 0.1) is 11.2 Å². The molecule has 0 bridgehead atoms. The summed E-state index contributed by atoms with van der Waals surface area (Å²) in [4.78, 5) is 0. The highest BCUT2D eigenvalue weighted by molar-refractivity contribution is 4.68. The molecule has 0 aromatic carbocycles. The Morgan fingerprint density at radius 1 is 0.917 bits per heavy atom. The van der Waals surface area contributed by atoms with Crippen molar-refractivity contribution in [2.24, 2.45) is 0 Å². The van der Waals surface area contributed by atoms with Gasteiger partial charge in [-0.2, -0.15) is 0 Å². The number of aliphatic hydroxyl groups excluding tert-OH is 1. The minimum atomic E-state index is -0.0156. The molecule has 0 aliphatic carbocycles. The summed E-state index contributed by atoms with van der Waals surface area (Å²) in [6.45, 7) is 14.3. The average molecular weight is 176 g/mol. The molecule has 0 heterocycles. The maximum atomic E-state index is 7.57. The van der Waals surface area contributed by atoms with Crippen molar-refractivity contribution in [3.63, 3.8) is 0 Å². The first-order valence-corrected chi connectivity index (χ1v) is 4.43. The van der Waals surface area contributed by atoms with E-state index in [-0.39, 0.29) is 17.8 Å². The van der Waals surface area contributed by atoms with Gasteiger partial charge in [-0.15, -0.1) is 0 Å². The smallest absolute Gasteiger partial charge is 0.0605 e. The number of hydrogen-bond acceptors (Lipinski definition) is 2. The minimum Gasteiger partial charge on any atom is -0.397 e. The predicted octanol–water partition coefficient (Wildman–Crippen LogP) is 2.60. The number of aliphatic hydroxyl groups is 1. The molecule has 12 heavy (non-hydrogen) atoms. The van der Waals surface area contributed by atoms with Crippen LogP contribution < -0.4 is 0 Å². The molecule has 0 atom stereocenters. The van der Waals surface area contributed by atoms with Crippen molar-refractivity contribution in [2.75, 3.05) is 6.61 Å². The average Bonchev–Trinajstić information content (AvgIpc) is 1.53. The van der Waals surface area contributed by atoms with Gasteiger partial charge in [0.1, 0.15) is 0 Å². The fourth-order valence-corrected chi connectivity index (χ4v) is 0.919. The molecule has 0 saturated heterocycles. The van der Waals surface area contributed by atoms with Crippen molar-refractivity contribution in [1.82, 2.24) is 0 Å². The largest absolute Gasteiger partial charge is 0.397 e. The number of hydrogen-bond donors (Lipinski definition) is 1. The first-order valence-electron chi connectivity index (χ1n) is 4.43. The third-order valence-corrected chi connectivity index (χ3v) is 0.612. The quantitative estimate of drug-likeness (QED) is 0.614. The Morgan fingerprint density at radius 2 is 1.08 bits per heavy atom. The molecule has 0 aromatic heterocycles. The van der Waals surface area contributed by atoms with Crippen molar-refractivity contribution in [1.29, 1.82) is 0 Å². The predicted molar refractivity (Wildman–Crippen MR) is 53.4 cm³/mol. The van der Waals surface area contributed by atoms with E-state index in [4.69, 9.17) is 9.84 Å². The van der Waals surface area contributed by atoms with E-state index in [9.17, 15) is 0 Å². The van der Waals surface area contributed by atoms with Gasteiger partial charge >= 0.3 is 0 Å². The number of rotatable bonds is 0. The van der Waals surface area contributed by atoms with Crippen LogP contribution in [0.1, 0.15) is 48.5 Å². The second-order valence-electron chi connectivity index (χ2n) is 4.64. The van der Waals surface area contributed by atoms with E-state index in [0.29, 0.717) is 0 Å². The Hall–Kier alpha value is -0.0800. The van der Waals surface area contributed by atoms with Gasteiger partial charge in [0.2, 0.25) is 0 Å². The summed E-state index contributed by atoms with van der Waals surface area (Å²) in [6.07, 6.45) is 0. The van der Waals surface area contributed by atoms with Crippen LogP contribution in [0.15, 0.2) is 0 Å². The molecule has 0 aliphatic heterocycles. The molecule has 0 rings (SSSR count). The van der Waals surface area contributed by atoms with Crippen LogP contribution in [0.5, 0.6) is 0 Å². The molecule has 0 aromatic rings. The molecule has 0 saturated carbocycles. The lowest BCUT2D eigenvalue weighted by atomic mass is 10.1. The molecule has 0 unspecified atom stereocenters. The molecule has 2 nitrogen and oxygen atoms in total. The Kier molecular flexibility index (Phi) is 6.68. The summed E-state index contributed by atoms with van der Waals surface area (Å²) in [5.74, 6) is 0. The summed E-state index contributed by atoms with van der Waals surface area (Å²) >= 11 is 0. The topological polar surface area (TPSA) is 29.5 Å². The van der Waals surface area contributed by atoms with E-state index in [1.54, 1.807) is 6.92 Å². The van der Waals surface area contributed by atoms with E-state index >= 15 is 0 Å². The van der Waals surface area contributed by atoms with Gasteiger partial charge in [-0.3, -0.25) is 0 Å². The van der Waals surface area contributed by atoms with Crippen LogP contribution in [0.2, 0.25) is 0 Å². The van der Waals surface area contributed by atoms with Crippen LogP contribution in [-0.4, -0.2) is 22.9 Å². The van der Waals surface area contributed by atoms with Gasteiger partial charge in [-0.05, 0) is 48.5 Å². The highest BCUT2D eigenvalue weighted by atomic mass is 16.5. The lowest BCUT2D eigenvalue weighted by Crippen LogP contribution is -2.31. The fourth-order valence-electron chi connectivity index (χ4n) is 0.919. The standard InChI is InChI=1S/C8H18O.C2H6O/c1-7(2,3)9-8(4,5)6;1-2-3/h1-6H3;3H,2H2,1H3. The molecule has 1 N–H and O–H groups in total. The third kappa shape index (κ3) is 22.5. The van der Waals surface area contributed by atoms with Gasteiger partial charge in [0, 0.05) is 6.61 Å². The van der Waals surface area contributed by atoms with Crippen LogP contribution in [0.3, 0.4) is 0 Å². The summed E-state index contributed by atoms with van der Waals surface area (Å²) in [5, 5.41) is 7.57. The molecule has 0 aliphatic rings. The van der Waals surface area contributed by atoms with E-state index in [2.05, 4.69) is 41.5 Å². The molecular formula is C10H24O2. The first kappa shape index (κ1) is 14.4. The zero-order valence-corrected chi connectivity index (χ0v) is 9.56. The van der Waals surface area contributed by atoms with Gasteiger partial charge in [0.25, 0.3) is 0 Å². The zero-order valence-electron chi connectivity index (χ0n) is 9.56. The van der Waals surface area contributed by atoms with E-state index in [1.165, 1.54) is 0 Å². The minimum absolute atomic E-state index is 0.0156. The molecule has 0 radical (unpaired) electrons. The SMILES string of the molecule is CC(C)(C)OC(C)(C)C.CCO. The van der Waals surface area contributed by atoms with Crippen molar-refractivity contribution in [3.05, 3.63) is 0 Å². The highest BCUT2D eigenvalue weighted by Crippen LogP contribution is 2.17. The maximum Gasteiger partial charge on any atom is 0.0605 e. The summed E-state index contributed by atoms with van der Waals surface area (Å²) in [7, 11) is 0. The molecular weight excluding hydrogens is 152 g/mol. The van der Waals surface area contributed by atoms with Crippen LogP contribution in [0.25, 0.3) is 0 Å². The van der Waals surface area contributed by atoms with Gasteiger partial charge in [-0.25, -0.2) is 0 Å². The fraction of sp³-hybridized carbons (Fsp3) is 1.00. The van der Waals surface area contributed by atoms with Crippen molar-refractivity contribution in [2.45, 2.75) is 59.7 Å². The summed E-state index contributed by atoms with van der Waals surface area (Å²) in [6, 6.07) is 0. The molecule has 76 valence electrons. The van der Waals surface area contributed by atoms with Crippen molar-refractivity contribution < 1.29 is 9.84 Å². The van der Waals surface area contributed by atoms with Gasteiger partial charge in [0.15, 0.2) is 0 Å². The Labute approximate surface area is 76.9 Å². The summed E-state index contributed by atoms with van der Waals surface area (Å²) < 4.78 is 5.62. The Bertz CT molecular complexity index is 83.4. The van der Waals surface area contributed by atoms with Crippen LogP contribution in [-0.2, 0) is 4.74 Å². The number of ether oxygens (including phenoxy) is 1. The van der Waals surface area contributed by atoms with E-state index in [0.717, 1.165) is 0 Å². The van der Waals surface area contributed by atoms with Crippen LogP contribution in [0, 0.1) is 0 Å². The van der Waals surface area contributed by atoms with Gasteiger partial charge in [-0.1, -0.05) is 0 Å². The molecule has 0 amide bonds. The monoisotopic (exact) mass is 176 g/mol. The Balaban J connectivity index is 0. The lowest BCUT2D eigenvalue weighted by molar-refractivity contribution is -0.102. The van der Waals surface area contributed by atoms with Gasteiger partial charge < -0.3 is 9.84 Å². The van der Waals surface area contributed by atoms with Crippen LogP contribution >= 0.6 is 0 Å². The molecule has 0 fully saturated rings. The van der Waals surface area contributed by atoms with E-state index in [1.807, 2.05) is 0 Å². The summed E-state index contributed by atoms with van der Waals surface area (Å²) in [5.41, 5.74) is -0.0312. The second kappa shape index (κ2) is 5.55. The highest BCUT2D eigenvalue weighted by Gasteiger charge is 2.19. The maximum absolute atomic E-state index is 7.57. The van der Waals surface area contributed by atoms with E-state index < -0.39 is 0 Å². The first-order chi connectivity index (χ1) is 5.12. The Morgan fingerprint density at radius 3 is 1.08 bits per heavy atom. The zero-order chi connectivity index (χ0) is 10.4.